The number of ether oxygens (including phenoxy) is 2. The normalized spacial score (nSPS) is 18.6. The van der Waals surface area contributed by atoms with Gasteiger partial charge in [0.2, 0.25) is 0 Å². The van der Waals surface area contributed by atoms with E-state index in [1.54, 1.807) is 25.6 Å². The SMILES string of the molecule is CCOC(=O)C1(C(=O)OCC)C/C(=C\Sc2ccccc2)C(C[Se]c2ccccc2)C1. The number of thioether (sulfide) groups is 1. The Morgan fingerprint density at radius 2 is 1.58 bits per heavy atom. The maximum absolute atomic E-state index is 13.0. The van der Waals surface area contributed by atoms with Crippen molar-refractivity contribution in [1.29, 1.82) is 0 Å². The van der Waals surface area contributed by atoms with Gasteiger partial charge >= 0.3 is 195 Å². The third-order valence-corrected chi connectivity index (χ3v) is 8.67. The summed E-state index contributed by atoms with van der Waals surface area (Å²) in [4.78, 5) is 27.1. The van der Waals surface area contributed by atoms with Gasteiger partial charge in [0, 0.05) is 0 Å². The van der Waals surface area contributed by atoms with Gasteiger partial charge in [-0.25, -0.2) is 0 Å². The Balaban J connectivity index is 1.87. The summed E-state index contributed by atoms with van der Waals surface area (Å²) in [6.45, 7) is 4.03. The van der Waals surface area contributed by atoms with Crippen molar-refractivity contribution in [3.63, 3.8) is 0 Å². The van der Waals surface area contributed by atoms with Gasteiger partial charge < -0.3 is 0 Å². The molecule has 1 aliphatic rings. The second kappa shape index (κ2) is 11.6. The quantitative estimate of drug-likeness (QED) is 0.216. The van der Waals surface area contributed by atoms with Crippen LogP contribution in [0.3, 0.4) is 0 Å². The molecule has 31 heavy (non-hydrogen) atoms. The molecule has 0 aromatic heterocycles. The first-order chi connectivity index (χ1) is 15.1. The number of allylic oxidation sites excluding steroid dienone is 1. The van der Waals surface area contributed by atoms with Gasteiger partial charge in [-0.05, 0) is 0 Å². The summed E-state index contributed by atoms with van der Waals surface area (Å²) in [7, 11) is 0. The van der Waals surface area contributed by atoms with Gasteiger partial charge in [0.15, 0.2) is 0 Å². The first-order valence-electron chi connectivity index (χ1n) is 10.5. The molecule has 0 radical (unpaired) electrons. The molecule has 164 valence electrons. The van der Waals surface area contributed by atoms with Crippen LogP contribution in [0, 0.1) is 11.3 Å². The second-order valence-electron chi connectivity index (χ2n) is 7.35. The standard InChI is InChI=1S/C25H28O4SSe/c1-3-28-23(26)25(24(27)29-4-2)15-19(17-30-21-11-7-5-8-12-21)20(16-25)18-31-22-13-9-6-10-14-22/h5-14,17,20H,3-4,15-16,18H2,1-2H3/b19-17+. The fourth-order valence-electron chi connectivity index (χ4n) is 3.71. The number of hydrogen-bond donors (Lipinski definition) is 0. The van der Waals surface area contributed by atoms with Crippen molar-refractivity contribution < 1.29 is 19.1 Å². The summed E-state index contributed by atoms with van der Waals surface area (Å²) in [6.07, 6.45) is 0.806. The van der Waals surface area contributed by atoms with Crippen LogP contribution in [0.4, 0.5) is 0 Å². The van der Waals surface area contributed by atoms with Gasteiger partial charge in [0.1, 0.15) is 0 Å². The number of carbonyl (C=O) groups is 2. The summed E-state index contributed by atoms with van der Waals surface area (Å²) >= 11 is 1.89. The molecule has 3 rings (SSSR count). The zero-order valence-corrected chi connectivity index (χ0v) is 20.4. The molecule has 0 N–H and O–H groups in total. The summed E-state index contributed by atoms with van der Waals surface area (Å²) in [5.41, 5.74) is -0.111. The molecule has 0 bridgehead atoms. The molecule has 4 nitrogen and oxygen atoms in total. The number of benzene rings is 2. The average molecular weight is 504 g/mol. The van der Waals surface area contributed by atoms with E-state index in [9.17, 15) is 9.59 Å². The van der Waals surface area contributed by atoms with Crippen LogP contribution in [-0.2, 0) is 19.1 Å². The Morgan fingerprint density at radius 1 is 1.00 bits per heavy atom. The molecule has 0 saturated heterocycles. The first-order valence-corrected chi connectivity index (χ1v) is 13.5. The Kier molecular flexibility index (Phi) is 8.82. The van der Waals surface area contributed by atoms with Gasteiger partial charge in [0.05, 0.1) is 0 Å². The summed E-state index contributed by atoms with van der Waals surface area (Å²) in [5, 5.41) is 3.06. The van der Waals surface area contributed by atoms with Crippen molar-refractivity contribution in [1.82, 2.24) is 0 Å². The minimum absolute atomic E-state index is 0.144. The third-order valence-electron chi connectivity index (χ3n) is 5.24. The van der Waals surface area contributed by atoms with Gasteiger partial charge in [-0.15, -0.1) is 0 Å². The van der Waals surface area contributed by atoms with Gasteiger partial charge in [-0.2, -0.15) is 0 Å². The van der Waals surface area contributed by atoms with Gasteiger partial charge in [0.25, 0.3) is 0 Å². The summed E-state index contributed by atoms with van der Waals surface area (Å²) in [5.74, 6) is -0.775. The molecule has 0 amide bonds. The van der Waals surface area contributed by atoms with Gasteiger partial charge in [-0.3, -0.25) is 0 Å². The predicted molar refractivity (Wildman–Crippen MR) is 125 cm³/mol. The molecule has 1 atom stereocenters. The van der Waals surface area contributed by atoms with E-state index in [0.717, 1.165) is 15.8 Å². The van der Waals surface area contributed by atoms with Crippen molar-refractivity contribution in [3.8, 4) is 0 Å². The second-order valence-corrected chi connectivity index (χ2v) is 10.6. The van der Waals surface area contributed by atoms with E-state index in [-0.39, 0.29) is 34.1 Å². The van der Waals surface area contributed by atoms with E-state index in [0.29, 0.717) is 12.8 Å². The Labute approximate surface area is 194 Å². The van der Waals surface area contributed by atoms with Crippen molar-refractivity contribution in [2.75, 3.05) is 13.2 Å². The van der Waals surface area contributed by atoms with Crippen LogP contribution >= 0.6 is 11.8 Å². The fourth-order valence-corrected chi connectivity index (χ4v) is 6.84. The number of rotatable bonds is 9. The number of hydrogen-bond acceptors (Lipinski definition) is 5. The molecular weight excluding hydrogens is 475 g/mol. The molecule has 1 unspecified atom stereocenters. The molecule has 0 heterocycles. The average Bonchev–Trinajstić information content (AvgIpc) is 3.18. The van der Waals surface area contributed by atoms with Gasteiger partial charge in [-0.1, -0.05) is 0 Å². The third kappa shape index (κ3) is 6.03. The molecule has 6 heteroatoms. The van der Waals surface area contributed by atoms with Crippen LogP contribution in [0.25, 0.3) is 0 Å². The topological polar surface area (TPSA) is 52.6 Å². The summed E-state index contributed by atoms with van der Waals surface area (Å²) < 4.78 is 12.0. The van der Waals surface area contributed by atoms with Crippen LogP contribution < -0.4 is 4.46 Å². The minimum atomic E-state index is -1.24. The zero-order valence-electron chi connectivity index (χ0n) is 17.9. The van der Waals surface area contributed by atoms with E-state index < -0.39 is 17.4 Å². The maximum atomic E-state index is 13.0. The molecule has 2 aromatic rings. The zero-order chi connectivity index (χ0) is 22.1. The van der Waals surface area contributed by atoms with Crippen molar-refractivity contribution in [2.45, 2.75) is 36.9 Å². The van der Waals surface area contributed by atoms with E-state index in [1.807, 2.05) is 24.3 Å². The van der Waals surface area contributed by atoms with Crippen molar-refractivity contribution >= 4 is 43.1 Å². The van der Waals surface area contributed by atoms with E-state index in [4.69, 9.17) is 9.47 Å². The van der Waals surface area contributed by atoms with Crippen LogP contribution in [-0.4, -0.2) is 40.1 Å². The Morgan fingerprint density at radius 3 is 2.16 bits per heavy atom. The van der Waals surface area contributed by atoms with Crippen molar-refractivity contribution in [3.05, 3.63) is 71.6 Å². The van der Waals surface area contributed by atoms with Crippen molar-refractivity contribution in [2.24, 2.45) is 11.3 Å². The molecule has 1 fully saturated rings. The fraction of sp³-hybridized carbons (Fsp3) is 0.360. The van der Waals surface area contributed by atoms with E-state index in [1.165, 1.54) is 4.46 Å². The van der Waals surface area contributed by atoms with Crippen LogP contribution in [0.1, 0.15) is 26.7 Å². The van der Waals surface area contributed by atoms with Crippen LogP contribution in [0.5, 0.6) is 0 Å². The first kappa shape index (κ1) is 23.6. The molecule has 1 saturated carbocycles. The molecule has 0 spiro atoms. The van der Waals surface area contributed by atoms with E-state index >= 15 is 0 Å². The molecule has 1 aliphatic carbocycles. The monoisotopic (exact) mass is 504 g/mol. The predicted octanol–water partition coefficient (Wildman–Crippen LogP) is 4.63. The van der Waals surface area contributed by atoms with E-state index in [2.05, 4.69) is 41.8 Å². The number of esters is 2. The van der Waals surface area contributed by atoms with Crippen LogP contribution in [0.15, 0.2) is 76.5 Å². The molecular formula is C25H28O4SSe. The Hall–Kier alpha value is -2.01. The molecule has 2 aromatic carbocycles. The molecule has 0 aliphatic heterocycles. The number of carbonyl (C=O) groups excluding carboxylic acids is 2. The Bertz CT molecular complexity index is 880. The summed E-state index contributed by atoms with van der Waals surface area (Å²) in [6, 6.07) is 20.5. The van der Waals surface area contributed by atoms with Crippen LogP contribution in [0.2, 0.25) is 5.32 Å².